The molecule has 1 saturated heterocycles. The van der Waals surface area contributed by atoms with Gasteiger partial charge in [0.2, 0.25) is 10.0 Å². The van der Waals surface area contributed by atoms with Crippen LogP contribution in [-0.4, -0.2) is 53.1 Å². The van der Waals surface area contributed by atoms with Crippen LogP contribution in [0.25, 0.3) is 10.6 Å². The Morgan fingerprint density at radius 2 is 2.03 bits per heavy atom. The van der Waals surface area contributed by atoms with Crippen molar-refractivity contribution in [1.82, 2.24) is 19.2 Å². The lowest BCUT2D eigenvalue weighted by molar-refractivity contribution is 0.0787. The Labute approximate surface area is 211 Å². The van der Waals surface area contributed by atoms with Crippen LogP contribution in [0.15, 0.2) is 65.4 Å². The van der Waals surface area contributed by atoms with E-state index in [9.17, 15) is 13.2 Å². The average molecular weight is 535 g/mol. The number of nitrogens with zero attached hydrogens (tertiary/aromatic N) is 3. The normalized spacial score (nSPS) is 20.6. The standard InChI is InChI=1S/C23H23ClN4O3S3/c24-21-7-5-19(32-21)20-6-8-22(33-20)34(30,31)26-13-16-9-11-27(14-16)23(29)17-1-3-18(4-2-17)28-12-10-25-15-28/h1-6,8,10,12,15-16,21,26H,7,9,11,13-14H2/t16-,21?/m0/s1. The van der Waals surface area contributed by atoms with Gasteiger partial charge in [-0.25, -0.2) is 18.1 Å². The van der Waals surface area contributed by atoms with Crippen LogP contribution in [0.2, 0.25) is 0 Å². The molecule has 0 bridgehead atoms. The first-order valence-electron chi connectivity index (χ1n) is 10.9. The maximum atomic E-state index is 12.9. The van der Waals surface area contributed by atoms with Crippen molar-refractivity contribution in [2.75, 3.05) is 19.6 Å². The number of likely N-dealkylation sites (tertiary alicyclic amines) is 1. The maximum Gasteiger partial charge on any atom is 0.253 e. The highest BCUT2D eigenvalue weighted by Gasteiger charge is 2.29. The molecule has 34 heavy (non-hydrogen) atoms. The number of nitrogens with one attached hydrogen (secondary N) is 1. The summed E-state index contributed by atoms with van der Waals surface area (Å²) < 4.78 is 30.5. The van der Waals surface area contributed by atoms with Crippen LogP contribution in [0.1, 0.15) is 28.1 Å². The summed E-state index contributed by atoms with van der Waals surface area (Å²) in [7, 11) is -3.60. The van der Waals surface area contributed by atoms with Crippen molar-refractivity contribution in [1.29, 1.82) is 0 Å². The Balaban J connectivity index is 1.16. The zero-order chi connectivity index (χ0) is 23.7. The summed E-state index contributed by atoms with van der Waals surface area (Å²) in [5.41, 5.74) is 1.55. The predicted octanol–water partition coefficient (Wildman–Crippen LogP) is 4.42. The molecule has 3 aromatic rings. The minimum absolute atomic E-state index is 0.0120. The number of imidazole rings is 1. The van der Waals surface area contributed by atoms with E-state index in [1.807, 2.05) is 47.2 Å². The number of hydrogen-bond acceptors (Lipinski definition) is 6. The molecule has 1 fully saturated rings. The Bertz CT molecular complexity index is 1300. The van der Waals surface area contributed by atoms with Crippen molar-refractivity contribution in [2.24, 2.45) is 5.92 Å². The molecule has 5 rings (SSSR count). The van der Waals surface area contributed by atoms with Crippen molar-refractivity contribution in [3.05, 3.63) is 71.6 Å². The molecule has 2 aromatic heterocycles. The number of amides is 1. The minimum Gasteiger partial charge on any atom is -0.338 e. The number of allylic oxidation sites excluding steroid dienone is 1. The third kappa shape index (κ3) is 5.11. The monoisotopic (exact) mass is 534 g/mol. The molecule has 1 N–H and O–H groups in total. The number of thioether (sulfide) groups is 1. The third-order valence-corrected chi connectivity index (χ3v) is 10.6. The molecule has 2 atom stereocenters. The summed E-state index contributed by atoms with van der Waals surface area (Å²) in [5.74, 6) is 0.0406. The summed E-state index contributed by atoms with van der Waals surface area (Å²) >= 11 is 8.94. The molecule has 0 radical (unpaired) electrons. The van der Waals surface area contributed by atoms with E-state index in [0.29, 0.717) is 29.4 Å². The molecule has 1 aromatic carbocycles. The summed E-state index contributed by atoms with van der Waals surface area (Å²) in [5, 5.41) is 0. The van der Waals surface area contributed by atoms with E-state index in [1.165, 1.54) is 11.3 Å². The number of carbonyl (C=O) groups excluding carboxylic acids is 1. The van der Waals surface area contributed by atoms with Gasteiger partial charge in [0.05, 0.1) is 11.0 Å². The molecule has 1 amide bonds. The van der Waals surface area contributed by atoms with Gasteiger partial charge < -0.3 is 9.47 Å². The van der Waals surface area contributed by atoms with Gasteiger partial charge in [-0.1, -0.05) is 6.08 Å². The average Bonchev–Trinajstić information content (AvgIpc) is 3.64. The Kier molecular flexibility index (Phi) is 6.85. The van der Waals surface area contributed by atoms with Crippen LogP contribution >= 0.6 is 34.7 Å². The van der Waals surface area contributed by atoms with Crippen molar-refractivity contribution in [2.45, 2.75) is 21.8 Å². The van der Waals surface area contributed by atoms with Crippen LogP contribution in [-0.2, 0) is 10.0 Å². The van der Waals surface area contributed by atoms with Crippen LogP contribution in [0.4, 0.5) is 0 Å². The number of thiophene rings is 1. The first kappa shape index (κ1) is 23.6. The van der Waals surface area contributed by atoms with Crippen molar-refractivity contribution in [3.63, 3.8) is 0 Å². The molecule has 4 heterocycles. The molecule has 0 saturated carbocycles. The zero-order valence-electron chi connectivity index (χ0n) is 18.1. The van der Waals surface area contributed by atoms with Gasteiger partial charge in [-0.05, 0) is 55.2 Å². The smallest absolute Gasteiger partial charge is 0.253 e. The molecule has 0 spiro atoms. The zero-order valence-corrected chi connectivity index (χ0v) is 21.3. The molecule has 2 aliphatic heterocycles. The number of carbonyl (C=O) groups is 1. The summed E-state index contributed by atoms with van der Waals surface area (Å²) in [4.78, 5) is 20.7. The van der Waals surface area contributed by atoms with Crippen LogP contribution in [0.5, 0.6) is 0 Å². The number of benzene rings is 1. The second-order valence-corrected chi connectivity index (χ2v) is 13.3. The lowest BCUT2D eigenvalue weighted by Gasteiger charge is -2.17. The Morgan fingerprint density at radius 3 is 2.74 bits per heavy atom. The van der Waals surface area contributed by atoms with Gasteiger partial charge in [0.15, 0.2) is 0 Å². The van der Waals surface area contributed by atoms with Crippen molar-refractivity contribution < 1.29 is 13.2 Å². The molecule has 2 aliphatic rings. The van der Waals surface area contributed by atoms with E-state index in [2.05, 4.69) is 9.71 Å². The van der Waals surface area contributed by atoms with E-state index >= 15 is 0 Å². The van der Waals surface area contributed by atoms with Crippen molar-refractivity contribution >= 4 is 55.5 Å². The van der Waals surface area contributed by atoms with Gasteiger partial charge in [-0.3, -0.25) is 4.79 Å². The SMILES string of the molecule is O=C(c1ccc(-n2ccnc2)cc1)N1CC[C@@H](CNS(=O)(=O)c2ccc(C3=CCC(Cl)S3)s2)C1. The molecular formula is C23H23ClN4O3S3. The van der Waals surface area contributed by atoms with E-state index < -0.39 is 10.0 Å². The quantitative estimate of drug-likeness (QED) is 0.454. The number of sulfonamides is 1. The van der Waals surface area contributed by atoms with Crippen molar-refractivity contribution in [3.8, 4) is 5.69 Å². The molecule has 0 aliphatic carbocycles. The minimum atomic E-state index is -3.60. The molecule has 11 heteroatoms. The van der Waals surface area contributed by atoms with Gasteiger partial charge in [0, 0.05) is 53.1 Å². The summed E-state index contributed by atoms with van der Waals surface area (Å²) in [6, 6.07) is 10.9. The maximum absolute atomic E-state index is 12.9. The van der Waals surface area contributed by atoms with Gasteiger partial charge in [-0.15, -0.1) is 34.7 Å². The number of aromatic nitrogens is 2. The van der Waals surface area contributed by atoms with Crippen LogP contribution in [0.3, 0.4) is 0 Å². The topological polar surface area (TPSA) is 84.3 Å². The van der Waals surface area contributed by atoms with E-state index in [-0.39, 0.29) is 16.5 Å². The highest BCUT2D eigenvalue weighted by Crippen LogP contribution is 2.43. The lowest BCUT2D eigenvalue weighted by Crippen LogP contribution is -2.32. The fourth-order valence-electron chi connectivity index (χ4n) is 4.04. The van der Waals surface area contributed by atoms with Crippen LogP contribution < -0.4 is 4.72 Å². The fourth-order valence-corrected chi connectivity index (χ4v) is 7.94. The molecule has 178 valence electrons. The molecule has 7 nitrogen and oxygen atoms in total. The van der Waals surface area contributed by atoms with Gasteiger partial charge in [0.1, 0.15) is 4.21 Å². The summed E-state index contributed by atoms with van der Waals surface area (Å²) in [6.07, 6.45) is 8.85. The second kappa shape index (κ2) is 9.87. The van der Waals surface area contributed by atoms with E-state index in [0.717, 1.165) is 28.3 Å². The molecular weight excluding hydrogens is 512 g/mol. The van der Waals surface area contributed by atoms with Crippen LogP contribution in [0, 0.1) is 5.92 Å². The largest absolute Gasteiger partial charge is 0.338 e. The predicted molar refractivity (Wildman–Crippen MR) is 137 cm³/mol. The highest BCUT2D eigenvalue weighted by molar-refractivity contribution is 8.10. The van der Waals surface area contributed by atoms with Gasteiger partial charge in [-0.2, -0.15) is 0 Å². The Morgan fingerprint density at radius 1 is 1.21 bits per heavy atom. The highest BCUT2D eigenvalue weighted by atomic mass is 35.5. The number of alkyl halides is 1. The van der Waals surface area contributed by atoms with E-state index in [4.69, 9.17) is 11.6 Å². The van der Waals surface area contributed by atoms with Gasteiger partial charge >= 0.3 is 0 Å². The van der Waals surface area contributed by atoms with E-state index in [1.54, 1.807) is 35.3 Å². The second-order valence-electron chi connectivity index (χ2n) is 8.23. The first-order valence-corrected chi connectivity index (χ1v) is 14.5. The Hall–Kier alpha value is -2.11. The fraction of sp³-hybridized carbons (Fsp3) is 0.304. The number of rotatable bonds is 7. The lowest BCUT2D eigenvalue weighted by atomic mass is 10.1. The number of hydrogen-bond donors (Lipinski definition) is 1. The third-order valence-electron chi connectivity index (χ3n) is 5.88. The first-order chi connectivity index (χ1) is 16.4. The summed E-state index contributed by atoms with van der Waals surface area (Å²) in [6.45, 7) is 1.45. The number of halogens is 1. The molecule has 1 unspecified atom stereocenters. The van der Waals surface area contributed by atoms with Gasteiger partial charge in [0.25, 0.3) is 5.91 Å².